The minimum absolute atomic E-state index is 0.301. The largest absolute Gasteiger partial charge is 0.493 e. The minimum atomic E-state index is -0.538. The molecule has 1 fully saturated rings. The highest BCUT2D eigenvalue weighted by atomic mass is 35.5. The normalized spacial score (nSPS) is 14.9. The lowest BCUT2D eigenvalue weighted by Crippen LogP contribution is -2.44. The molecule has 8 nitrogen and oxygen atoms in total. The molecule has 4 rings (SSSR count). The average molecular weight is 507 g/mol. The fourth-order valence-corrected chi connectivity index (χ4v) is 4.39. The molecule has 2 aromatic heterocycles. The molecule has 3 heterocycles. The lowest BCUT2D eigenvalue weighted by atomic mass is 10.1. The van der Waals surface area contributed by atoms with Gasteiger partial charge in [-0.05, 0) is 38.6 Å². The third-order valence-electron chi connectivity index (χ3n) is 5.88. The molecule has 0 radical (unpaired) electrons. The average Bonchev–Trinajstić information content (AvgIpc) is 2.82. The van der Waals surface area contributed by atoms with Crippen LogP contribution < -0.4 is 20.4 Å². The summed E-state index contributed by atoms with van der Waals surface area (Å²) in [5.41, 5.74) is 0.704. The van der Waals surface area contributed by atoms with Gasteiger partial charge in [0.05, 0.1) is 35.1 Å². The molecule has 0 aliphatic carbocycles. The second-order valence-corrected chi connectivity index (χ2v) is 9.07. The lowest BCUT2D eigenvalue weighted by Gasteiger charge is -2.32. The molecule has 1 aromatic carbocycles. The maximum absolute atomic E-state index is 12.4. The molecule has 1 saturated heterocycles. The van der Waals surface area contributed by atoms with Crippen LogP contribution in [0.2, 0.25) is 10.0 Å². The first kappa shape index (κ1) is 24.6. The molecule has 0 amide bonds. The summed E-state index contributed by atoms with van der Waals surface area (Å²) in [6.07, 6.45) is 4.84. The number of nitrogens with one attached hydrogen (secondary N) is 1. The van der Waals surface area contributed by atoms with Crippen LogP contribution in [-0.4, -0.2) is 68.3 Å². The summed E-state index contributed by atoms with van der Waals surface area (Å²) in [7, 11) is 3.71. The number of ether oxygens (including phenoxy) is 2. The molecule has 1 N–H and O–H groups in total. The number of unbranched alkanes of at least 4 members (excludes halogenated alkanes) is 1. The van der Waals surface area contributed by atoms with Crippen LogP contribution in [0.3, 0.4) is 0 Å². The molecule has 0 spiro atoms. The predicted octanol–water partition coefficient (Wildman–Crippen LogP) is 4.65. The molecule has 0 unspecified atom stereocenters. The standard InChI is InChI=1S/C24H28Cl2N4O4/c1-29-8-10-30(11-9-29)7-3-4-12-33-24-20(32-2)6-5-16-19(13-21(31)34-23(16)24)28-22-17(25)14-27-15-18(22)26/h5-6,13-15H,3-4,7-12H2,1-2H3,(H,27,28). The van der Waals surface area contributed by atoms with Crippen molar-refractivity contribution >= 4 is 45.5 Å². The first-order valence-corrected chi connectivity index (χ1v) is 12.0. The van der Waals surface area contributed by atoms with Gasteiger partial charge in [-0.1, -0.05) is 23.2 Å². The number of hydrogen-bond acceptors (Lipinski definition) is 8. The number of likely N-dealkylation sites (N-methyl/N-ethyl adjacent to an activating group) is 1. The van der Waals surface area contributed by atoms with E-state index in [9.17, 15) is 4.79 Å². The number of anilines is 2. The highest BCUT2D eigenvalue weighted by Crippen LogP contribution is 2.40. The molecule has 1 aliphatic rings. The van der Waals surface area contributed by atoms with Gasteiger partial charge < -0.3 is 29.0 Å². The molecular formula is C24H28Cl2N4O4. The molecule has 34 heavy (non-hydrogen) atoms. The molecule has 0 saturated carbocycles. The van der Waals surface area contributed by atoms with Gasteiger partial charge in [-0.15, -0.1) is 0 Å². The second-order valence-electron chi connectivity index (χ2n) is 8.26. The van der Waals surface area contributed by atoms with Crippen LogP contribution in [0.4, 0.5) is 11.4 Å². The summed E-state index contributed by atoms with van der Waals surface area (Å²) in [5, 5.41) is 4.44. The van der Waals surface area contributed by atoms with E-state index in [4.69, 9.17) is 37.1 Å². The maximum Gasteiger partial charge on any atom is 0.338 e. The number of pyridine rings is 1. The molecule has 3 aromatic rings. The van der Waals surface area contributed by atoms with Gasteiger partial charge in [-0.3, -0.25) is 4.98 Å². The van der Waals surface area contributed by atoms with Gasteiger partial charge in [-0.2, -0.15) is 0 Å². The van der Waals surface area contributed by atoms with Crippen molar-refractivity contribution in [2.45, 2.75) is 12.8 Å². The van der Waals surface area contributed by atoms with E-state index in [1.54, 1.807) is 19.2 Å². The number of benzene rings is 1. The molecule has 10 heteroatoms. The van der Waals surface area contributed by atoms with Gasteiger partial charge in [-0.25, -0.2) is 4.79 Å². The number of methoxy groups -OCH3 is 1. The maximum atomic E-state index is 12.4. The second kappa shape index (κ2) is 11.3. The van der Waals surface area contributed by atoms with Crippen molar-refractivity contribution in [1.29, 1.82) is 0 Å². The smallest absolute Gasteiger partial charge is 0.338 e. The van der Waals surface area contributed by atoms with E-state index in [-0.39, 0.29) is 0 Å². The van der Waals surface area contributed by atoms with E-state index < -0.39 is 5.63 Å². The van der Waals surface area contributed by atoms with Gasteiger partial charge in [0.15, 0.2) is 11.3 Å². The molecule has 1 aliphatic heterocycles. The van der Waals surface area contributed by atoms with Crippen LogP contribution in [-0.2, 0) is 0 Å². The molecule has 182 valence electrons. The number of hydrogen-bond donors (Lipinski definition) is 1. The Bertz CT molecular complexity index is 1180. The van der Waals surface area contributed by atoms with Crippen LogP contribution in [0.25, 0.3) is 11.0 Å². The van der Waals surface area contributed by atoms with E-state index >= 15 is 0 Å². The number of aromatic nitrogens is 1. The number of nitrogens with zero attached hydrogens (tertiary/aromatic N) is 3. The minimum Gasteiger partial charge on any atom is -0.493 e. The van der Waals surface area contributed by atoms with E-state index in [0.717, 1.165) is 45.6 Å². The summed E-state index contributed by atoms with van der Waals surface area (Å²) in [4.78, 5) is 21.2. The summed E-state index contributed by atoms with van der Waals surface area (Å²) in [6.45, 7) is 5.93. The van der Waals surface area contributed by atoms with Crippen molar-refractivity contribution in [2.75, 3.05) is 58.8 Å². The van der Waals surface area contributed by atoms with Crippen molar-refractivity contribution in [3.8, 4) is 11.5 Å². The van der Waals surface area contributed by atoms with E-state index in [1.165, 1.54) is 18.5 Å². The van der Waals surface area contributed by atoms with Crippen molar-refractivity contribution in [1.82, 2.24) is 14.8 Å². The van der Waals surface area contributed by atoms with Crippen LogP contribution in [0, 0.1) is 0 Å². The SMILES string of the molecule is COc1ccc2c(Nc3c(Cl)cncc3Cl)cc(=O)oc2c1OCCCCN1CCN(C)CC1. The van der Waals surface area contributed by atoms with Crippen LogP contribution >= 0.6 is 23.2 Å². The Hall–Kier alpha value is -2.52. The van der Waals surface area contributed by atoms with Crippen LogP contribution in [0.1, 0.15) is 12.8 Å². The van der Waals surface area contributed by atoms with Gasteiger partial charge >= 0.3 is 5.63 Å². The van der Waals surface area contributed by atoms with Crippen LogP contribution in [0.15, 0.2) is 39.8 Å². The van der Waals surface area contributed by atoms with E-state index in [2.05, 4.69) is 27.1 Å². The molecule has 0 bridgehead atoms. The van der Waals surface area contributed by atoms with E-state index in [0.29, 0.717) is 50.5 Å². The summed E-state index contributed by atoms with van der Waals surface area (Å²) >= 11 is 12.5. The fourth-order valence-electron chi connectivity index (χ4n) is 3.93. The summed E-state index contributed by atoms with van der Waals surface area (Å²) < 4.78 is 17.1. The first-order chi connectivity index (χ1) is 16.5. The fraction of sp³-hybridized carbons (Fsp3) is 0.417. The Labute approximate surface area is 208 Å². The Kier molecular flexibility index (Phi) is 8.15. The summed E-state index contributed by atoms with van der Waals surface area (Å²) in [6, 6.07) is 4.92. The monoisotopic (exact) mass is 506 g/mol. The number of fused-ring (bicyclic) bond motifs is 1. The van der Waals surface area contributed by atoms with E-state index in [1.807, 2.05) is 0 Å². The van der Waals surface area contributed by atoms with Gasteiger partial charge in [0.2, 0.25) is 5.75 Å². The lowest BCUT2D eigenvalue weighted by molar-refractivity contribution is 0.149. The van der Waals surface area contributed by atoms with Crippen molar-refractivity contribution in [3.05, 3.63) is 51.1 Å². The zero-order valence-electron chi connectivity index (χ0n) is 19.3. The van der Waals surface area contributed by atoms with Gasteiger partial charge in [0.25, 0.3) is 0 Å². The van der Waals surface area contributed by atoms with Crippen molar-refractivity contribution in [3.63, 3.8) is 0 Å². The Balaban J connectivity index is 1.51. The molecule has 0 atom stereocenters. The Morgan fingerprint density at radius 1 is 1.12 bits per heavy atom. The third-order valence-corrected chi connectivity index (χ3v) is 6.45. The first-order valence-electron chi connectivity index (χ1n) is 11.2. The highest BCUT2D eigenvalue weighted by molar-refractivity contribution is 6.39. The number of rotatable bonds is 9. The van der Waals surface area contributed by atoms with Crippen LogP contribution in [0.5, 0.6) is 11.5 Å². The zero-order valence-corrected chi connectivity index (χ0v) is 20.8. The van der Waals surface area contributed by atoms with Gasteiger partial charge in [0.1, 0.15) is 0 Å². The third kappa shape index (κ3) is 5.75. The number of halogens is 2. The topological polar surface area (TPSA) is 80.1 Å². The van der Waals surface area contributed by atoms with Crippen molar-refractivity contribution in [2.24, 2.45) is 0 Å². The summed E-state index contributed by atoms with van der Waals surface area (Å²) in [5.74, 6) is 0.888. The zero-order chi connectivity index (χ0) is 24.1. The highest BCUT2D eigenvalue weighted by Gasteiger charge is 2.18. The molecular weight excluding hydrogens is 479 g/mol. The van der Waals surface area contributed by atoms with Gasteiger partial charge in [0, 0.05) is 50.0 Å². The van der Waals surface area contributed by atoms with Crippen molar-refractivity contribution < 1.29 is 13.9 Å². The predicted molar refractivity (Wildman–Crippen MR) is 135 cm³/mol. The number of piperazine rings is 1. The Morgan fingerprint density at radius 3 is 2.56 bits per heavy atom. The quantitative estimate of drug-likeness (QED) is 0.331. The Morgan fingerprint density at radius 2 is 1.85 bits per heavy atom.